The highest BCUT2D eigenvalue weighted by atomic mass is 32.2. The highest BCUT2D eigenvalue weighted by Gasteiger charge is 2.36. The minimum Gasteiger partial charge on any atom is -0.354 e. The second-order valence-corrected chi connectivity index (χ2v) is 9.50. The minimum absolute atomic E-state index is 0.0290. The Morgan fingerprint density at radius 1 is 1.25 bits per heavy atom. The first-order chi connectivity index (χ1) is 13.4. The molecule has 1 aliphatic heterocycles. The number of aromatic amines is 1. The molecule has 1 aliphatic rings. The Kier molecular flexibility index (Phi) is 4.84. The Morgan fingerprint density at radius 2 is 2.07 bits per heavy atom. The van der Waals surface area contributed by atoms with Crippen molar-refractivity contribution >= 4 is 26.9 Å². The van der Waals surface area contributed by atoms with Gasteiger partial charge in [-0.2, -0.15) is 4.31 Å². The fraction of sp³-hybridized carbons (Fsp3) is 0.400. The third kappa shape index (κ3) is 3.27. The van der Waals surface area contributed by atoms with Gasteiger partial charge in [-0.3, -0.25) is 0 Å². The summed E-state index contributed by atoms with van der Waals surface area (Å²) < 4.78 is 28.0. The number of hydrogen-bond donors (Lipinski definition) is 1. The van der Waals surface area contributed by atoms with E-state index in [4.69, 9.17) is 0 Å². The van der Waals surface area contributed by atoms with Gasteiger partial charge in [0.05, 0.1) is 10.3 Å². The molecule has 0 radical (unpaired) electrons. The highest BCUT2D eigenvalue weighted by Crippen LogP contribution is 2.30. The number of aryl methyl sites for hydroxylation is 1. The van der Waals surface area contributed by atoms with Crippen LogP contribution in [-0.4, -0.2) is 53.9 Å². The fourth-order valence-corrected chi connectivity index (χ4v) is 5.54. The van der Waals surface area contributed by atoms with Crippen molar-refractivity contribution in [1.29, 1.82) is 0 Å². The van der Waals surface area contributed by atoms with Crippen LogP contribution in [0, 0.1) is 12.8 Å². The van der Waals surface area contributed by atoms with Crippen molar-refractivity contribution in [2.45, 2.75) is 31.2 Å². The molecule has 2 aromatic heterocycles. The Hall–Kier alpha value is -2.45. The van der Waals surface area contributed by atoms with Crippen molar-refractivity contribution in [2.75, 3.05) is 25.0 Å². The number of H-pyrrole nitrogens is 1. The number of anilines is 1. The molecule has 7 nitrogen and oxygen atoms in total. The summed E-state index contributed by atoms with van der Waals surface area (Å²) in [5.74, 6) is 1.16. The number of sulfonamides is 1. The number of likely N-dealkylation sites (N-methyl/N-ethyl adjacent to an activating group) is 1. The average molecular weight is 400 g/mol. The lowest BCUT2D eigenvalue weighted by Gasteiger charge is -2.41. The first-order valence-corrected chi connectivity index (χ1v) is 10.9. The van der Waals surface area contributed by atoms with Crippen LogP contribution in [0.4, 0.5) is 5.82 Å². The predicted molar refractivity (Wildman–Crippen MR) is 110 cm³/mol. The van der Waals surface area contributed by atoms with Crippen LogP contribution in [-0.2, 0) is 10.0 Å². The summed E-state index contributed by atoms with van der Waals surface area (Å²) in [7, 11) is -1.54. The van der Waals surface area contributed by atoms with E-state index in [9.17, 15) is 8.42 Å². The van der Waals surface area contributed by atoms with E-state index in [1.165, 1.54) is 0 Å². The van der Waals surface area contributed by atoms with Crippen LogP contribution in [0.3, 0.4) is 0 Å². The van der Waals surface area contributed by atoms with Crippen LogP contribution in [0.1, 0.15) is 18.9 Å². The first-order valence-electron chi connectivity index (χ1n) is 9.45. The first kappa shape index (κ1) is 18.9. The summed E-state index contributed by atoms with van der Waals surface area (Å²) in [6.07, 6.45) is 4.19. The minimum atomic E-state index is -3.52. The third-order valence-corrected chi connectivity index (χ3v) is 7.53. The van der Waals surface area contributed by atoms with Crippen molar-refractivity contribution in [1.82, 2.24) is 19.3 Å². The fourth-order valence-electron chi connectivity index (χ4n) is 3.96. The standard InChI is InChI=1S/C20H25N5O2S/c1-14-5-4-6-16(11-14)28(26,27)25-10-8-15(2)18(12-25)24(3)20-17-7-9-21-19(17)22-13-23-20/h4-7,9,11,13,15,18H,8,10,12H2,1-3H3,(H,21,22,23). The van der Waals surface area contributed by atoms with Crippen LogP contribution in [0.15, 0.2) is 47.8 Å². The largest absolute Gasteiger partial charge is 0.354 e. The molecule has 8 heteroatoms. The maximum Gasteiger partial charge on any atom is 0.243 e. The van der Waals surface area contributed by atoms with Crippen LogP contribution in [0.5, 0.6) is 0 Å². The number of rotatable bonds is 4. The van der Waals surface area contributed by atoms with Gasteiger partial charge in [0.2, 0.25) is 10.0 Å². The van der Waals surface area contributed by atoms with E-state index in [-0.39, 0.29) is 6.04 Å². The Bertz CT molecular complexity index is 1090. The quantitative estimate of drug-likeness (QED) is 0.729. The van der Waals surface area contributed by atoms with Crippen molar-refractivity contribution < 1.29 is 8.42 Å². The predicted octanol–water partition coefficient (Wildman–Crippen LogP) is 2.80. The summed E-state index contributed by atoms with van der Waals surface area (Å²) in [4.78, 5) is 14.3. The zero-order valence-electron chi connectivity index (χ0n) is 16.3. The lowest BCUT2D eigenvalue weighted by Crippen LogP contribution is -2.52. The Balaban J connectivity index is 1.64. The van der Waals surface area contributed by atoms with Crippen LogP contribution < -0.4 is 4.90 Å². The Labute approximate surface area is 165 Å². The summed E-state index contributed by atoms with van der Waals surface area (Å²) in [5.41, 5.74) is 1.72. The molecule has 0 amide bonds. The van der Waals surface area contributed by atoms with Crippen LogP contribution in [0.2, 0.25) is 0 Å². The van der Waals surface area contributed by atoms with E-state index >= 15 is 0 Å². The molecular weight excluding hydrogens is 374 g/mol. The zero-order valence-corrected chi connectivity index (χ0v) is 17.1. The van der Waals surface area contributed by atoms with E-state index in [1.807, 2.05) is 32.3 Å². The molecular formula is C20H25N5O2S. The van der Waals surface area contributed by atoms with Gasteiger partial charge in [0.25, 0.3) is 0 Å². The second kappa shape index (κ2) is 7.18. The monoisotopic (exact) mass is 399 g/mol. The molecule has 1 N–H and O–H groups in total. The highest BCUT2D eigenvalue weighted by molar-refractivity contribution is 7.89. The summed E-state index contributed by atoms with van der Waals surface area (Å²) in [6.45, 7) is 5.05. The molecule has 0 aliphatic carbocycles. The third-order valence-electron chi connectivity index (χ3n) is 5.67. The molecule has 3 heterocycles. The molecule has 0 bridgehead atoms. The lowest BCUT2D eigenvalue weighted by atomic mass is 9.93. The molecule has 0 spiro atoms. The zero-order chi connectivity index (χ0) is 19.9. The normalized spacial score (nSPS) is 21.1. The van der Waals surface area contributed by atoms with Crippen molar-refractivity contribution in [2.24, 2.45) is 5.92 Å². The molecule has 1 saturated heterocycles. The number of fused-ring (bicyclic) bond motifs is 1. The number of piperidine rings is 1. The number of nitrogens with zero attached hydrogens (tertiary/aromatic N) is 4. The van der Waals surface area contributed by atoms with E-state index in [2.05, 4.69) is 26.8 Å². The van der Waals surface area contributed by atoms with Gasteiger partial charge >= 0.3 is 0 Å². The lowest BCUT2D eigenvalue weighted by molar-refractivity contribution is 0.247. The number of nitrogens with one attached hydrogen (secondary N) is 1. The van der Waals surface area contributed by atoms with E-state index in [0.29, 0.717) is 23.9 Å². The molecule has 28 heavy (non-hydrogen) atoms. The molecule has 2 unspecified atom stereocenters. The molecule has 0 saturated carbocycles. The molecule has 4 rings (SSSR count). The summed E-state index contributed by atoms with van der Waals surface area (Å²) in [6, 6.07) is 9.09. The van der Waals surface area contributed by atoms with Gasteiger partial charge in [-0.1, -0.05) is 19.1 Å². The van der Waals surface area contributed by atoms with Gasteiger partial charge in [0.15, 0.2) is 0 Å². The SMILES string of the molecule is Cc1cccc(S(=O)(=O)N2CCC(C)C(N(C)c3ncnc4[nH]ccc34)C2)c1. The van der Waals surface area contributed by atoms with Crippen molar-refractivity contribution in [3.8, 4) is 0 Å². The molecule has 1 fully saturated rings. The molecule has 148 valence electrons. The molecule has 1 aromatic carbocycles. The van der Waals surface area contributed by atoms with E-state index in [0.717, 1.165) is 28.8 Å². The Morgan fingerprint density at radius 3 is 2.86 bits per heavy atom. The van der Waals surface area contributed by atoms with Gasteiger partial charge in [-0.15, -0.1) is 0 Å². The average Bonchev–Trinajstić information content (AvgIpc) is 3.16. The topological polar surface area (TPSA) is 82.2 Å². The maximum atomic E-state index is 13.2. The summed E-state index contributed by atoms with van der Waals surface area (Å²) in [5, 5.41) is 0.941. The molecule has 2 atom stereocenters. The number of hydrogen-bond acceptors (Lipinski definition) is 5. The van der Waals surface area contributed by atoms with E-state index < -0.39 is 10.0 Å². The van der Waals surface area contributed by atoms with Crippen LogP contribution in [0.25, 0.3) is 11.0 Å². The second-order valence-electron chi connectivity index (χ2n) is 7.56. The van der Waals surface area contributed by atoms with Gasteiger partial charge in [-0.05, 0) is 43.0 Å². The van der Waals surface area contributed by atoms with Gasteiger partial charge < -0.3 is 9.88 Å². The number of benzene rings is 1. The van der Waals surface area contributed by atoms with E-state index in [1.54, 1.807) is 28.8 Å². The maximum absolute atomic E-state index is 13.2. The van der Waals surface area contributed by atoms with Crippen molar-refractivity contribution in [3.63, 3.8) is 0 Å². The summed E-state index contributed by atoms with van der Waals surface area (Å²) >= 11 is 0. The smallest absolute Gasteiger partial charge is 0.243 e. The number of aromatic nitrogens is 3. The van der Waals surface area contributed by atoms with Gasteiger partial charge in [-0.25, -0.2) is 18.4 Å². The van der Waals surface area contributed by atoms with Crippen molar-refractivity contribution in [3.05, 3.63) is 48.4 Å². The molecule has 3 aromatic rings. The van der Waals surface area contributed by atoms with Gasteiger partial charge in [0, 0.05) is 32.4 Å². The van der Waals surface area contributed by atoms with Gasteiger partial charge in [0.1, 0.15) is 17.8 Å². The van der Waals surface area contributed by atoms with Crippen LogP contribution >= 0.6 is 0 Å².